The van der Waals surface area contributed by atoms with Crippen LogP contribution in [0.2, 0.25) is 0 Å². The Balaban J connectivity index is 1.60. The zero-order valence-corrected chi connectivity index (χ0v) is 16.8. The molecule has 1 aromatic heterocycles. The van der Waals surface area contributed by atoms with Crippen molar-refractivity contribution in [2.75, 3.05) is 19.6 Å². The van der Waals surface area contributed by atoms with Gasteiger partial charge in [-0.3, -0.25) is 14.3 Å². The topological polar surface area (TPSA) is 50.2 Å². The third-order valence-corrected chi connectivity index (χ3v) is 5.51. The molecular weight excluding hydrogens is 367 g/mol. The van der Waals surface area contributed by atoms with Gasteiger partial charge in [0.2, 0.25) is 5.91 Å². The third-order valence-electron chi connectivity index (χ3n) is 5.51. The second kappa shape index (κ2) is 8.74. The maximum Gasteiger partial charge on any atom is 0.224 e. The van der Waals surface area contributed by atoms with Crippen LogP contribution in [0.3, 0.4) is 0 Å². The van der Waals surface area contributed by atoms with E-state index in [1.165, 1.54) is 12.1 Å². The van der Waals surface area contributed by atoms with Gasteiger partial charge in [0.1, 0.15) is 11.6 Å². The summed E-state index contributed by atoms with van der Waals surface area (Å²) in [4.78, 5) is 19.6. The first-order valence-electron chi connectivity index (χ1n) is 10.4. The first kappa shape index (κ1) is 19.6. The fourth-order valence-corrected chi connectivity index (χ4v) is 4.07. The molecule has 1 saturated heterocycles. The number of halogens is 1. The predicted molar refractivity (Wildman–Crippen MR) is 112 cm³/mol. The second-order valence-corrected chi connectivity index (χ2v) is 7.69. The van der Waals surface area contributed by atoms with Crippen molar-refractivity contribution in [3.8, 4) is 5.69 Å². The summed E-state index contributed by atoms with van der Waals surface area (Å²) in [5, 5.41) is 3.03. The van der Waals surface area contributed by atoms with Crippen LogP contribution in [0.1, 0.15) is 32.0 Å². The molecule has 0 saturated carbocycles. The molecule has 0 aliphatic carbocycles. The van der Waals surface area contributed by atoms with Gasteiger partial charge in [0, 0.05) is 18.8 Å². The zero-order valence-electron chi connectivity index (χ0n) is 16.8. The molecule has 2 aromatic carbocycles. The molecule has 0 spiro atoms. The molecule has 152 valence electrons. The van der Waals surface area contributed by atoms with Gasteiger partial charge in [0.05, 0.1) is 23.5 Å². The van der Waals surface area contributed by atoms with Crippen LogP contribution in [0.15, 0.2) is 48.5 Å². The Kier molecular flexibility index (Phi) is 5.90. The van der Waals surface area contributed by atoms with Crippen LogP contribution < -0.4 is 5.32 Å². The lowest BCUT2D eigenvalue weighted by atomic mass is 9.97. The molecule has 1 atom stereocenters. The van der Waals surface area contributed by atoms with Crippen LogP contribution in [-0.4, -0.2) is 40.0 Å². The summed E-state index contributed by atoms with van der Waals surface area (Å²) in [5.41, 5.74) is 2.81. The van der Waals surface area contributed by atoms with E-state index in [1.807, 2.05) is 24.3 Å². The Morgan fingerprint density at radius 1 is 1.21 bits per heavy atom. The lowest BCUT2D eigenvalue weighted by Gasteiger charge is -2.31. The SMILES string of the molecule is CCCNC(=O)[C@@H]1CCCN(Cc2nc3ccccc3n2-c2ccc(F)cc2)C1. The van der Waals surface area contributed by atoms with Gasteiger partial charge in [-0.15, -0.1) is 0 Å². The largest absolute Gasteiger partial charge is 0.356 e. The molecular formula is C23H27FN4O. The highest BCUT2D eigenvalue weighted by atomic mass is 19.1. The van der Waals surface area contributed by atoms with Gasteiger partial charge < -0.3 is 5.32 Å². The van der Waals surface area contributed by atoms with Gasteiger partial charge in [-0.25, -0.2) is 9.37 Å². The first-order chi connectivity index (χ1) is 14.2. The maximum absolute atomic E-state index is 13.5. The van der Waals surface area contributed by atoms with Crippen LogP contribution in [0.25, 0.3) is 16.7 Å². The number of rotatable bonds is 6. The lowest BCUT2D eigenvalue weighted by molar-refractivity contribution is -0.126. The number of carbonyl (C=O) groups excluding carboxylic acids is 1. The number of aromatic nitrogens is 2. The summed E-state index contributed by atoms with van der Waals surface area (Å²) in [6, 6.07) is 14.5. The van der Waals surface area contributed by atoms with E-state index in [0.717, 1.165) is 61.4 Å². The van der Waals surface area contributed by atoms with E-state index in [2.05, 4.69) is 21.7 Å². The minimum Gasteiger partial charge on any atom is -0.356 e. The summed E-state index contributed by atoms with van der Waals surface area (Å²) >= 11 is 0. The van der Waals surface area contributed by atoms with Crippen molar-refractivity contribution in [3.05, 3.63) is 60.2 Å². The van der Waals surface area contributed by atoms with Crippen LogP contribution in [0.5, 0.6) is 0 Å². The molecule has 1 amide bonds. The molecule has 0 bridgehead atoms. The molecule has 29 heavy (non-hydrogen) atoms. The third kappa shape index (κ3) is 4.32. The van der Waals surface area contributed by atoms with E-state index >= 15 is 0 Å². The van der Waals surface area contributed by atoms with Crippen molar-refractivity contribution >= 4 is 16.9 Å². The van der Waals surface area contributed by atoms with Gasteiger partial charge in [-0.05, 0) is 62.2 Å². The number of fused-ring (bicyclic) bond motifs is 1. The van der Waals surface area contributed by atoms with Crippen molar-refractivity contribution < 1.29 is 9.18 Å². The van der Waals surface area contributed by atoms with Gasteiger partial charge in [-0.2, -0.15) is 0 Å². The monoisotopic (exact) mass is 394 g/mol. The molecule has 0 radical (unpaired) electrons. The average molecular weight is 394 g/mol. The van der Waals surface area contributed by atoms with Crippen molar-refractivity contribution in [2.45, 2.75) is 32.7 Å². The zero-order chi connectivity index (χ0) is 20.2. The molecule has 1 aliphatic heterocycles. The summed E-state index contributed by atoms with van der Waals surface area (Å²) in [6.45, 7) is 5.14. The number of hydrogen-bond acceptors (Lipinski definition) is 3. The lowest BCUT2D eigenvalue weighted by Crippen LogP contribution is -2.43. The normalized spacial score (nSPS) is 17.5. The highest BCUT2D eigenvalue weighted by Gasteiger charge is 2.26. The van der Waals surface area contributed by atoms with E-state index in [0.29, 0.717) is 6.54 Å². The predicted octanol–water partition coefficient (Wildman–Crippen LogP) is 3.90. The number of carbonyl (C=O) groups is 1. The molecule has 6 heteroatoms. The maximum atomic E-state index is 13.5. The standard InChI is InChI=1S/C23H27FN4O/c1-2-13-25-23(29)17-6-5-14-27(15-17)16-22-26-20-7-3-4-8-21(20)28(22)19-11-9-18(24)10-12-19/h3-4,7-12,17H,2,5-6,13-16H2,1H3,(H,25,29)/t17-/m1/s1. The van der Waals surface area contributed by atoms with E-state index in [1.54, 1.807) is 12.1 Å². The smallest absolute Gasteiger partial charge is 0.224 e. The van der Waals surface area contributed by atoms with Crippen LogP contribution in [0.4, 0.5) is 4.39 Å². The summed E-state index contributed by atoms with van der Waals surface area (Å²) in [6.07, 6.45) is 2.88. The molecule has 5 nitrogen and oxygen atoms in total. The molecule has 3 aromatic rings. The number of amides is 1. The van der Waals surface area contributed by atoms with Gasteiger partial charge in [0.15, 0.2) is 0 Å². The van der Waals surface area contributed by atoms with E-state index in [-0.39, 0.29) is 17.6 Å². The van der Waals surface area contributed by atoms with E-state index in [9.17, 15) is 9.18 Å². The number of piperidine rings is 1. The van der Waals surface area contributed by atoms with Gasteiger partial charge in [-0.1, -0.05) is 19.1 Å². The van der Waals surface area contributed by atoms with Crippen LogP contribution >= 0.6 is 0 Å². The Labute approximate surface area is 170 Å². The van der Waals surface area contributed by atoms with E-state index < -0.39 is 0 Å². The molecule has 0 unspecified atom stereocenters. The fraction of sp³-hybridized carbons (Fsp3) is 0.391. The highest BCUT2D eigenvalue weighted by molar-refractivity contribution is 5.79. The number of para-hydroxylation sites is 2. The van der Waals surface area contributed by atoms with Crippen LogP contribution in [-0.2, 0) is 11.3 Å². The summed E-state index contributed by atoms with van der Waals surface area (Å²) < 4.78 is 15.5. The summed E-state index contributed by atoms with van der Waals surface area (Å²) in [7, 11) is 0. The Morgan fingerprint density at radius 2 is 2.00 bits per heavy atom. The fourth-order valence-electron chi connectivity index (χ4n) is 4.07. The quantitative estimate of drug-likeness (QED) is 0.690. The van der Waals surface area contributed by atoms with Crippen LogP contribution in [0, 0.1) is 11.7 Å². The molecule has 1 N–H and O–H groups in total. The minimum absolute atomic E-state index is 0.0268. The van der Waals surface area contributed by atoms with Crippen molar-refractivity contribution in [2.24, 2.45) is 5.92 Å². The molecule has 2 heterocycles. The first-order valence-corrected chi connectivity index (χ1v) is 10.4. The van der Waals surface area contributed by atoms with Gasteiger partial charge >= 0.3 is 0 Å². The van der Waals surface area contributed by atoms with Crippen molar-refractivity contribution in [1.29, 1.82) is 0 Å². The second-order valence-electron chi connectivity index (χ2n) is 7.69. The molecule has 1 fully saturated rings. The number of nitrogens with one attached hydrogen (secondary N) is 1. The number of hydrogen-bond donors (Lipinski definition) is 1. The van der Waals surface area contributed by atoms with Crippen molar-refractivity contribution in [3.63, 3.8) is 0 Å². The Hall–Kier alpha value is -2.73. The number of benzene rings is 2. The van der Waals surface area contributed by atoms with E-state index in [4.69, 9.17) is 4.98 Å². The molecule has 4 rings (SSSR count). The Morgan fingerprint density at radius 3 is 2.79 bits per heavy atom. The highest BCUT2D eigenvalue weighted by Crippen LogP contribution is 2.25. The number of imidazole rings is 1. The van der Waals surface area contributed by atoms with Crippen molar-refractivity contribution in [1.82, 2.24) is 19.8 Å². The number of likely N-dealkylation sites (tertiary alicyclic amines) is 1. The Bertz CT molecular complexity index is 982. The minimum atomic E-state index is -0.253. The molecule has 1 aliphatic rings. The summed E-state index contributed by atoms with van der Waals surface area (Å²) in [5.74, 6) is 0.839. The van der Waals surface area contributed by atoms with Gasteiger partial charge in [0.25, 0.3) is 0 Å². The average Bonchev–Trinajstić information content (AvgIpc) is 3.10. The number of nitrogens with zero attached hydrogens (tertiary/aromatic N) is 3.